The largest absolute Gasteiger partial charge is 0.491 e. The Bertz CT molecular complexity index is 587. The topological polar surface area (TPSA) is 53.1 Å². The SMILES string of the molecule is CCCc1nc(-c2cccc(OC(C)C)c2)c(N)n1C. The predicted molar refractivity (Wildman–Crippen MR) is 82.8 cm³/mol. The summed E-state index contributed by atoms with van der Waals surface area (Å²) in [5.41, 5.74) is 8.01. The molecule has 0 unspecified atom stereocenters. The number of ether oxygens (including phenoxy) is 1. The number of anilines is 1. The van der Waals surface area contributed by atoms with E-state index in [1.54, 1.807) is 0 Å². The van der Waals surface area contributed by atoms with Crippen LogP contribution in [0, 0.1) is 0 Å². The number of aryl methyl sites for hydroxylation is 1. The van der Waals surface area contributed by atoms with Crippen molar-refractivity contribution in [2.75, 3.05) is 5.73 Å². The first kappa shape index (κ1) is 14.4. The number of benzene rings is 1. The van der Waals surface area contributed by atoms with Gasteiger partial charge < -0.3 is 15.0 Å². The van der Waals surface area contributed by atoms with Crippen molar-refractivity contribution in [1.29, 1.82) is 0 Å². The molecule has 0 saturated carbocycles. The van der Waals surface area contributed by atoms with Crippen LogP contribution < -0.4 is 10.5 Å². The zero-order chi connectivity index (χ0) is 14.7. The summed E-state index contributed by atoms with van der Waals surface area (Å²) in [6, 6.07) is 7.94. The molecule has 1 aromatic carbocycles. The Kier molecular flexibility index (Phi) is 4.32. The van der Waals surface area contributed by atoms with Gasteiger partial charge in [-0.2, -0.15) is 0 Å². The van der Waals surface area contributed by atoms with Crippen molar-refractivity contribution in [3.63, 3.8) is 0 Å². The van der Waals surface area contributed by atoms with Gasteiger partial charge in [0.1, 0.15) is 23.1 Å². The molecule has 1 aromatic heterocycles. The molecule has 2 aromatic rings. The Morgan fingerprint density at radius 1 is 1.35 bits per heavy atom. The summed E-state index contributed by atoms with van der Waals surface area (Å²) in [4.78, 5) is 4.67. The Morgan fingerprint density at radius 3 is 2.75 bits per heavy atom. The lowest BCUT2D eigenvalue weighted by atomic mass is 10.1. The van der Waals surface area contributed by atoms with Gasteiger partial charge in [0.2, 0.25) is 0 Å². The van der Waals surface area contributed by atoms with Crippen molar-refractivity contribution in [1.82, 2.24) is 9.55 Å². The fourth-order valence-electron chi connectivity index (χ4n) is 2.21. The number of nitrogen functional groups attached to an aromatic ring is 1. The lowest BCUT2D eigenvalue weighted by molar-refractivity contribution is 0.242. The van der Waals surface area contributed by atoms with Crippen LogP contribution in [0.1, 0.15) is 33.0 Å². The first-order valence-electron chi connectivity index (χ1n) is 7.11. The molecule has 2 N–H and O–H groups in total. The lowest BCUT2D eigenvalue weighted by Crippen LogP contribution is -2.05. The minimum absolute atomic E-state index is 0.155. The second kappa shape index (κ2) is 5.99. The molecule has 0 amide bonds. The standard InChI is InChI=1S/C16H23N3O/c1-5-7-14-18-15(16(17)19(14)4)12-8-6-9-13(10-12)20-11(2)3/h6,8-11H,5,7,17H2,1-4H3. The molecular formula is C16H23N3O. The smallest absolute Gasteiger partial charge is 0.131 e. The van der Waals surface area contributed by atoms with Crippen LogP contribution in [0.25, 0.3) is 11.3 Å². The van der Waals surface area contributed by atoms with E-state index in [4.69, 9.17) is 10.5 Å². The first-order chi connectivity index (χ1) is 9.52. The first-order valence-corrected chi connectivity index (χ1v) is 7.11. The highest BCUT2D eigenvalue weighted by Crippen LogP contribution is 2.29. The Labute approximate surface area is 120 Å². The average Bonchev–Trinajstić information content (AvgIpc) is 2.67. The highest BCUT2D eigenvalue weighted by atomic mass is 16.5. The second-order valence-electron chi connectivity index (χ2n) is 5.27. The quantitative estimate of drug-likeness (QED) is 0.908. The fraction of sp³-hybridized carbons (Fsp3) is 0.438. The summed E-state index contributed by atoms with van der Waals surface area (Å²) < 4.78 is 7.69. The highest BCUT2D eigenvalue weighted by Gasteiger charge is 2.13. The normalized spacial score (nSPS) is 11.1. The van der Waals surface area contributed by atoms with E-state index < -0.39 is 0 Å². The van der Waals surface area contributed by atoms with Gasteiger partial charge in [0.15, 0.2) is 0 Å². The Morgan fingerprint density at radius 2 is 2.10 bits per heavy atom. The van der Waals surface area contributed by atoms with Crippen LogP contribution in [-0.2, 0) is 13.5 Å². The van der Waals surface area contributed by atoms with E-state index >= 15 is 0 Å². The third-order valence-electron chi connectivity index (χ3n) is 3.18. The Hall–Kier alpha value is -1.97. The van der Waals surface area contributed by atoms with E-state index in [0.29, 0.717) is 5.82 Å². The number of nitrogens with two attached hydrogens (primary N) is 1. The third-order valence-corrected chi connectivity index (χ3v) is 3.18. The van der Waals surface area contributed by atoms with E-state index in [1.807, 2.05) is 49.7 Å². The van der Waals surface area contributed by atoms with Gasteiger partial charge in [-0.25, -0.2) is 4.98 Å². The maximum absolute atomic E-state index is 6.18. The number of hydrogen-bond donors (Lipinski definition) is 1. The van der Waals surface area contributed by atoms with E-state index in [1.165, 1.54) is 0 Å². The van der Waals surface area contributed by atoms with Crippen LogP contribution >= 0.6 is 0 Å². The van der Waals surface area contributed by atoms with Crippen molar-refractivity contribution in [2.45, 2.75) is 39.7 Å². The van der Waals surface area contributed by atoms with Crippen LogP contribution in [0.2, 0.25) is 0 Å². The molecule has 0 aliphatic carbocycles. The molecule has 0 radical (unpaired) electrons. The summed E-state index contributed by atoms with van der Waals surface area (Å²) >= 11 is 0. The third kappa shape index (κ3) is 2.95. The molecule has 108 valence electrons. The van der Waals surface area contributed by atoms with E-state index in [-0.39, 0.29) is 6.10 Å². The summed E-state index contributed by atoms with van der Waals surface area (Å²) in [7, 11) is 1.96. The van der Waals surface area contributed by atoms with Gasteiger partial charge in [-0.1, -0.05) is 19.1 Å². The Balaban J connectivity index is 2.38. The van der Waals surface area contributed by atoms with Gasteiger partial charge >= 0.3 is 0 Å². The minimum Gasteiger partial charge on any atom is -0.491 e. The van der Waals surface area contributed by atoms with Crippen molar-refractivity contribution in [3.8, 4) is 17.0 Å². The van der Waals surface area contributed by atoms with Crippen LogP contribution in [-0.4, -0.2) is 15.7 Å². The number of hydrogen-bond acceptors (Lipinski definition) is 3. The zero-order valence-electron chi connectivity index (χ0n) is 12.7. The van der Waals surface area contributed by atoms with Crippen LogP contribution in [0.15, 0.2) is 24.3 Å². The molecule has 0 bridgehead atoms. The van der Waals surface area contributed by atoms with Gasteiger partial charge in [-0.15, -0.1) is 0 Å². The second-order valence-corrected chi connectivity index (χ2v) is 5.27. The number of nitrogens with zero attached hydrogens (tertiary/aromatic N) is 2. The van der Waals surface area contributed by atoms with E-state index in [0.717, 1.165) is 35.7 Å². The maximum atomic E-state index is 6.18. The molecule has 4 heteroatoms. The molecule has 2 rings (SSSR count). The number of imidazole rings is 1. The van der Waals surface area contributed by atoms with Gasteiger partial charge in [-0.3, -0.25) is 0 Å². The van der Waals surface area contributed by atoms with Gasteiger partial charge in [-0.05, 0) is 32.4 Å². The zero-order valence-corrected chi connectivity index (χ0v) is 12.7. The number of rotatable bonds is 5. The summed E-state index contributed by atoms with van der Waals surface area (Å²) in [5.74, 6) is 2.57. The molecule has 0 aliphatic rings. The van der Waals surface area contributed by atoms with Crippen molar-refractivity contribution >= 4 is 5.82 Å². The van der Waals surface area contributed by atoms with Crippen LogP contribution in [0.4, 0.5) is 5.82 Å². The van der Waals surface area contributed by atoms with E-state index in [9.17, 15) is 0 Å². The summed E-state index contributed by atoms with van der Waals surface area (Å²) in [5, 5.41) is 0. The fourth-order valence-corrected chi connectivity index (χ4v) is 2.21. The predicted octanol–water partition coefficient (Wildman–Crippen LogP) is 3.41. The molecule has 0 atom stereocenters. The average molecular weight is 273 g/mol. The molecule has 0 fully saturated rings. The monoisotopic (exact) mass is 273 g/mol. The molecule has 20 heavy (non-hydrogen) atoms. The van der Waals surface area contributed by atoms with Gasteiger partial charge in [0.05, 0.1) is 6.10 Å². The molecule has 4 nitrogen and oxygen atoms in total. The summed E-state index contributed by atoms with van der Waals surface area (Å²) in [6.07, 6.45) is 2.14. The van der Waals surface area contributed by atoms with Crippen LogP contribution in [0.3, 0.4) is 0 Å². The van der Waals surface area contributed by atoms with Gasteiger partial charge in [0.25, 0.3) is 0 Å². The van der Waals surface area contributed by atoms with E-state index in [2.05, 4.69) is 11.9 Å². The van der Waals surface area contributed by atoms with Gasteiger partial charge in [0, 0.05) is 19.0 Å². The van der Waals surface area contributed by atoms with Crippen molar-refractivity contribution in [2.24, 2.45) is 7.05 Å². The molecular weight excluding hydrogens is 250 g/mol. The molecule has 0 spiro atoms. The molecule has 0 aliphatic heterocycles. The highest BCUT2D eigenvalue weighted by molar-refractivity contribution is 5.72. The summed E-state index contributed by atoms with van der Waals surface area (Å²) in [6.45, 7) is 6.17. The molecule has 1 heterocycles. The minimum atomic E-state index is 0.155. The lowest BCUT2D eigenvalue weighted by Gasteiger charge is -2.10. The molecule has 0 saturated heterocycles. The number of aromatic nitrogens is 2. The van der Waals surface area contributed by atoms with Crippen LogP contribution in [0.5, 0.6) is 5.75 Å². The van der Waals surface area contributed by atoms with Crippen molar-refractivity contribution < 1.29 is 4.74 Å². The van der Waals surface area contributed by atoms with Crippen molar-refractivity contribution in [3.05, 3.63) is 30.1 Å². The maximum Gasteiger partial charge on any atom is 0.131 e.